The Bertz CT molecular complexity index is 1090. The van der Waals surface area contributed by atoms with Crippen LogP contribution in [0.3, 0.4) is 0 Å². The first-order valence-electron chi connectivity index (χ1n) is 8.43. The van der Waals surface area contributed by atoms with E-state index in [1.807, 2.05) is 19.9 Å². The van der Waals surface area contributed by atoms with Crippen molar-refractivity contribution in [2.24, 2.45) is 0 Å². The van der Waals surface area contributed by atoms with Gasteiger partial charge in [-0.25, -0.2) is 4.98 Å². The molecule has 0 amide bonds. The number of aliphatic carboxylic acids is 1. The molecule has 3 aromatic rings. The van der Waals surface area contributed by atoms with E-state index >= 15 is 0 Å². The Kier molecular flexibility index (Phi) is 5.89. The lowest BCUT2D eigenvalue weighted by molar-refractivity contribution is -0.137. The highest BCUT2D eigenvalue weighted by molar-refractivity contribution is 7.18. The first-order chi connectivity index (χ1) is 12.8. The number of halogens is 2. The molecule has 0 saturated heterocycles. The second-order valence-electron chi connectivity index (χ2n) is 6.36. The molecule has 0 radical (unpaired) electrons. The van der Waals surface area contributed by atoms with Crippen molar-refractivity contribution in [1.29, 1.82) is 0 Å². The number of carbonyl (C=O) groups is 1. The first kappa shape index (κ1) is 19.9. The standard InChI is InChI=1S/C19H18Cl2N2O3S/c1-10-11(2)27-18-17(10)19(26)23(7-3-4-16(24)25)15(22-18)8-12-5-6-13(20)9-14(12)21/h5-6,9H,3-4,7-8H2,1-2H3,(H,24,25). The normalized spacial score (nSPS) is 11.3. The molecule has 8 heteroatoms. The SMILES string of the molecule is Cc1sc2nc(Cc3ccc(Cl)cc3Cl)n(CCCC(=O)O)c(=O)c2c1C. The maximum absolute atomic E-state index is 13.1. The van der Waals surface area contributed by atoms with Gasteiger partial charge in [0.25, 0.3) is 5.56 Å². The summed E-state index contributed by atoms with van der Waals surface area (Å²) in [7, 11) is 0. The molecule has 2 heterocycles. The number of hydrogen-bond acceptors (Lipinski definition) is 4. The van der Waals surface area contributed by atoms with Gasteiger partial charge in [-0.05, 0) is 43.5 Å². The van der Waals surface area contributed by atoms with Gasteiger partial charge in [-0.3, -0.25) is 14.2 Å². The Morgan fingerprint density at radius 3 is 2.70 bits per heavy atom. The van der Waals surface area contributed by atoms with Crippen molar-refractivity contribution in [3.05, 3.63) is 60.4 Å². The Balaban J connectivity index is 2.10. The maximum Gasteiger partial charge on any atom is 0.303 e. The lowest BCUT2D eigenvalue weighted by Crippen LogP contribution is -2.26. The van der Waals surface area contributed by atoms with Crippen molar-refractivity contribution in [2.45, 2.75) is 39.7 Å². The third-order valence-corrected chi connectivity index (χ3v) is 6.19. The smallest absolute Gasteiger partial charge is 0.303 e. The number of aromatic nitrogens is 2. The maximum atomic E-state index is 13.1. The van der Waals surface area contributed by atoms with Crippen LogP contribution in [0.5, 0.6) is 0 Å². The van der Waals surface area contributed by atoms with Gasteiger partial charge in [-0.15, -0.1) is 11.3 Å². The molecular formula is C19H18Cl2N2O3S. The monoisotopic (exact) mass is 424 g/mol. The third kappa shape index (κ3) is 4.18. The van der Waals surface area contributed by atoms with Crippen LogP contribution < -0.4 is 5.56 Å². The Morgan fingerprint density at radius 1 is 1.30 bits per heavy atom. The molecule has 1 N–H and O–H groups in total. The molecule has 3 rings (SSSR count). The van der Waals surface area contributed by atoms with Gasteiger partial charge in [0.05, 0.1) is 5.39 Å². The summed E-state index contributed by atoms with van der Waals surface area (Å²) in [6.45, 7) is 4.17. The van der Waals surface area contributed by atoms with E-state index in [1.165, 1.54) is 11.3 Å². The number of hydrogen-bond donors (Lipinski definition) is 1. The average Bonchev–Trinajstić information content (AvgIpc) is 2.87. The van der Waals surface area contributed by atoms with Gasteiger partial charge in [0.2, 0.25) is 0 Å². The zero-order valence-corrected chi connectivity index (χ0v) is 17.2. The number of rotatable bonds is 6. The van der Waals surface area contributed by atoms with E-state index in [-0.39, 0.29) is 12.0 Å². The van der Waals surface area contributed by atoms with Crippen molar-refractivity contribution in [1.82, 2.24) is 9.55 Å². The van der Waals surface area contributed by atoms with Gasteiger partial charge in [-0.1, -0.05) is 29.3 Å². The molecule has 0 saturated carbocycles. The largest absolute Gasteiger partial charge is 0.481 e. The summed E-state index contributed by atoms with van der Waals surface area (Å²) < 4.78 is 1.58. The van der Waals surface area contributed by atoms with Gasteiger partial charge in [0.15, 0.2) is 0 Å². The van der Waals surface area contributed by atoms with Crippen molar-refractivity contribution >= 4 is 50.7 Å². The van der Waals surface area contributed by atoms with Crippen LogP contribution in [0.1, 0.15) is 34.7 Å². The van der Waals surface area contributed by atoms with E-state index in [9.17, 15) is 9.59 Å². The fourth-order valence-electron chi connectivity index (χ4n) is 2.96. The van der Waals surface area contributed by atoms with Crippen molar-refractivity contribution < 1.29 is 9.90 Å². The minimum absolute atomic E-state index is 0.00668. The highest BCUT2D eigenvalue weighted by atomic mass is 35.5. The lowest BCUT2D eigenvalue weighted by Gasteiger charge is -2.13. The van der Waals surface area contributed by atoms with Crippen LogP contribution >= 0.6 is 34.5 Å². The zero-order chi connectivity index (χ0) is 19.7. The first-order valence-corrected chi connectivity index (χ1v) is 10.00. The highest BCUT2D eigenvalue weighted by Gasteiger charge is 2.17. The molecule has 0 unspecified atom stereocenters. The summed E-state index contributed by atoms with van der Waals surface area (Å²) in [5.74, 6) is -0.315. The summed E-state index contributed by atoms with van der Waals surface area (Å²) in [5.41, 5.74) is 1.60. The number of aryl methyl sites for hydroxylation is 2. The molecule has 0 bridgehead atoms. The lowest BCUT2D eigenvalue weighted by atomic mass is 10.1. The molecular weight excluding hydrogens is 407 g/mol. The van der Waals surface area contributed by atoms with E-state index < -0.39 is 5.97 Å². The minimum Gasteiger partial charge on any atom is -0.481 e. The fourth-order valence-corrected chi connectivity index (χ4v) is 4.47. The van der Waals surface area contributed by atoms with E-state index in [0.29, 0.717) is 45.5 Å². The van der Waals surface area contributed by atoms with Gasteiger partial charge >= 0.3 is 5.97 Å². The predicted molar refractivity (Wildman–Crippen MR) is 109 cm³/mol. The average molecular weight is 425 g/mol. The second kappa shape index (κ2) is 8.00. The van der Waals surface area contributed by atoms with Crippen LogP contribution in [0, 0.1) is 13.8 Å². The van der Waals surface area contributed by atoms with E-state index in [4.69, 9.17) is 33.3 Å². The van der Waals surface area contributed by atoms with Crippen molar-refractivity contribution in [3.63, 3.8) is 0 Å². The number of benzene rings is 1. The van der Waals surface area contributed by atoms with Crippen molar-refractivity contribution in [3.8, 4) is 0 Å². The molecule has 0 aliphatic carbocycles. The van der Waals surface area contributed by atoms with Crippen LogP contribution in [0.2, 0.25) is 10.0 Å². The van der Waals surface area contributed by atoms with Crippen molar-refractivity contribution in [2.75, 3.05) is 0 Å². The zero-order valence-electron chi connectivity index (χ0n) is 14.9. The van der Waals surface area contributed by atoms with Crippen LogP contribution in [0.15, 0.2) is 23.0 Å². The predicted octanol–water partition coefficient (Wildman–Crippen LogP) is 4.84. The molecule has 0 fully saturated rings. The molecule has 0 aliphatic rings. The molecule has 0 atom stereocenters. The number of fused-ring (bicyclic) bond motifs is 1. The summed E-state index contributed by atoms with van der Waals surface area (Å²) in [5, 5.41) is 10.6. The number of carboxylic acids is 1. The molecule has 5 nitrogen and oxygen atoms in total. The number of thiophene rings is 1. The molecule has 1 aromatic carbocycles. The third-order valence-electron chi connectivity index (χ3n) is 4.50. The Labute approximate surface area is 170 Å². The highest BCUT2D eigenvalue weighted by Crippen LogP contribution is 2.28. The summed E-state index contributed by atoms with van der Waals surface area (Å²) >= 11 is 13.7. The van der Waals surface area contributed by atoms with Gasteiger partial charge in [0.1, 0.15) is 10.7 Å². The van der Waals surface area contributed by atoms with Crippen LogP contribution in [-0.4, -0.2) is 20.6 Å². The molecule has 2 aromatic heterocycles. The molecule has 27 heavy (non-hydrogen) atoms. The van der Waals surface area contributed by atoms with Crippen LogP contribution in [-0.2, 0) is 17.8 Å². The Hall–Kier alpha value is -1.89. The van der Waals surface area contributed by atoms with Crippen LogP contribution in [0.25, 0.3) is 10.2 Å². The molecule has 0 spiro atoms. The van der Waals surface area contributed by atoms with E-state index in [1.54, 1.807) is 16.7 Å². The van der Waals surface area contributed by atoms with E-state index in [0.717, 1.165) is 16.0 Å². The van der Waals surface area contributed by atoms with E-state index in [2.05, 4.69) is 0 Å². The minimum atomic E-state index is -0.887. The Morgan fingerprint density at radius 2 is 2.04 bits per heavy atom. The second-order valence-corrected chi connectivity index (χ2v) is 8.40. The quantitative estimate of drug-likeness (QED) is 0.614. The number of carboxylic acid groups (broad SMARTS) is 1. The summed E-state index contributed by atoms with van der Waals surface area (Å²) in [6.07, 6.45) is 0.712. The summed E-state index contributed by atoms with van der Waals surface area (Å²) in [6, 6.07) is 5.21. The fraction of sp³-hybridized carbons (Fsp3) is 0.316. The van der Waals surface area contributed by atoms with Gasteiger partial charge < -0.3 is 5.11 Å². The molecule has 142 valence electrons. The van der Waals surface area contributed by atoms with Gasteiger partial charge in [-0.2, -0.15) is 0 Å². The van der Waals surface area contributed by atoms with Gasteiger partial charge in [0, 0.05) is 34.3 Å². The van der Waals surface area contributed by atoms with Crippen LogP contribution in [0.4, 0.5) is 0 Å². The summed E-state index contributed by atoms with van der Waals surface area (Å²) in [4.78, 5) is 30.4. The number of nitrogens with zero attached hydrogens (tertiary/aromatic N) is 2. The topological polar surface area (TPSA) is 72.2 Å². The molecule has 0 aliphatic heterocycles.